The molecule has 2 heterocycles. The molecular formula is C12H12N6. The van der Waals surface area contributed by atoms with E-state index < -0.39 is 0 Å². The molecule has 0 radical (unpaired) electrons. The second-order valence-corrected chi connectivity index (χ2v) is 4.05. The van der Waals surface area contributed by atoms with Gasteiger partial charge in [0.05, 0.1) is 6.04 Å². The minimum Gasteiger partial charge on any atom is -0.382 e. The van der Waals surface area contributed by atoms with Crippen LogP contribution in [0.3, 0.4) is 0 Å². The number of nitrogens with two attached hydrogens (primary N) is 1. The molecule has 1 atom stereocenters. The number of hydrogen-bond acceptors (Lipinski definition) is 5. The summed E-state index contributed by atoms with van der Waals surface area (Å²) >= 11 is 0. The summed E-state index contributed by atoms with van der Waals surface area (Å²) in [5.74, 6) is 0.353. The van der Waals surface area contributed by atoms with E-state index in [4.69, 9.17) is 5.73 Å². The topological polar surface area (TPSA) is 82.5 Å². The number of nitrogen functional groups attached to an aromatic ring is 1. The third kappa shape index (κ3) is 1.58. The molecule has 0 saturated carbocycles. The van der Waals surface area contributed by atoms with Gasteiger partial charge in [0.1, 0.15) is 6.33 Å². The molecule has 0 fully saturated rings. The van der Waals surface area contributed by atoms with Crippen LogP contribution in [0.1, 0.15) is 18.5 Å². The first-order valence-corrected chi connectivity index (χ1v) is 5.63. The van der Waals surface area contributed by atoms with Crippen molar-refractivity contribution in [3.05, 3.63) is 42.2 Å². The quantitative estimate of drug-likeness (QED) is 0.732. The Morgan fingerprint density at radius 2 is 1.94 bits per heavy atom. The monoisotopic (exact) mass is 240 g/mol. The molecule has 0 aliphatic rings. The predicted molar refractivity (Wildman–Crippen MR) is 67.8 cm³/mol. The maximum absolute atomic E-state index is 5.74. The zero-order chi connectivity index (χ0) is 12.5. The molecule has 0 saturated heterocycles. The Morgan fingerprint density at radius 1 is 1.17 bits per heavy atom. The Hall–Kier alpha value is -2.50. The lowest BCUT2D eigenvalue weighted by Gasteiger charge is -2.11. The van der Waals surface area contributed by atoms with Gasteiger partial charge in [0.15, 0.2) is 17.0 Å². The summed E-state index contributed by atoms with van der Waals surface area (Å²) in [6.07, 6.45) is 1.43. The second-order valence-electron chi connectivity index (χ2n) is 4.05. The van der Waals surface area contributed by atoms with E-state index in [-0.39, 0.29) is 6.04 Å². The van der Waals surface area contributed by atoms with Gasteiger partial charge in [-0.05, 0) is 12.5 Å². The number of anilines is 1. The molecule has 6 heteroatoms. The fraction of sp³-hybridized carbons (Fsp3) is 0.167. The summed E-state index contributed by atoms with van der Waals surface area (Å²) < 4.78 is 1.75. The van der Waals surface area contributed by atoms with Crippen molar-refractivity contribution in [2.24, 2.45) is 0 Å². The Balaban J connectivity index is 2.13. The molecule has 3 aromatic rings. The molecule has 0 aliphatic heterocycles. The van der Waals surface area contributed by atoms with E-state index in [0.717, 1.165) is 5.56 Å². The van der Waals surface area contributed by atoms with Crippen molar-refractivity contribution in [3.8, 4) is 0 Å². The first-order valence-electron chi connectivity index (χ1n) is 5.63. The summed E-state index contributed by atoms with van der Waals surface area (Å²) in [6.45, 7) is 2.04. The molecular weight excluding hydrogens is 228 g/mol. The number of hydrogen-bond donors (Lipinski definition) is 1. The highest BCUT2D eigenvalue weighted by molar-refractivity contribution is 5.80. The lowest BCUT2D eigenvalue weighted by atomic mass is 10.1. The van der Waals surface area contributed by atoms with Gasteiger partial charge in [-0.15, -0.1) is 5.10 Å². The van der Waals surface area contributed by atoms with Crippen LogP contribution >= 0.6 is 0 Å². The third-order valence-electron chi connectivity index (χ3n) is 2.94. The van der Waals surface area contributed by atoms with Crippen LogP contribution < -0.4 is 5.73 Å². The van der Waals surface area contributed by atoms with Crippen molar-refractivity contribution in [2.45, 2.75) is 13.0 Å². The van der Waals surface area contributed by atoms with Gasteiger partial charge in [0.25, 0.3) is 0 Å². The van der Waals surface area contributed by atoms with E-state index in [1.54, 1.807) is 4.68 Å². The normalized spacial score (nSPS) is 12.7. The van der Waals surface area contributed by atoms with Crippen LogP contribution in [0.5, 0.6) is 0 Å². The molecule has 0 aliphatic carbocycles. The van der Waals surface area contributed by atoms with Crippen LogP contribution in [0.25, 0.3) is 11.2 Å². The maximum Gasteiger partial charge on any atom is 0.184 e. The van der Waals surface area contributed by atoms with Crippen molar-refractivity contribution in [1.82, 2.24) is 25.0 Å². The molecule has 0 spiro atoms. The van der Waals surface area contributed by atoms with Crippen LogP contribution in [0.2, 0.25) is 0 Å². The van der Waals surface area contributed by atoms with Crippen molar-refractivity contribution >= 4 is 17.0 Å². The molecule has 18 heavy (non-hydrogen) atoms. The SMILES string of the molecule is CC(c1ccccc1)n1nnc2c(N)ncnc21. The number of rotatable bonds is 2. The lowest BCUT2D eigenvalue weighted by molar-refractivity contribution is 0.556. The molecule has 2 aromatic heterocycles. The molecule has 6 nitrogen and oxygen atoms in total. The molecule has 2 N–H and O–H groups in total. The highest BCUT2D eigenvalue weighted by Crippen LogP contribution is 2.21. The first-order chi connectivity index (χ1) is 8.77. The van der Waals surface area contributed by atoms with E-state index in [1.807, 2.05) is 37.3 Å². The fourth-order valence-corrected chi connectivity index (χ4v) is 1.92. The highest BCUT2D eigenvalue weighted by Gasteiger charge is 2.15. The van der Waals surface area contributed by atoms with Gasteiger partial charge >= 0.3 is 0 Å². The number of aromatic nitrogens is 5. The van der Waals surface area contributed by atoms with Gasteiger partial charge in [-0.3, -0.25) is 0 Å². The van der Waals surface area contributed by atoms with Crippen LogP contribution in [0.4, 0.5) is 5.82 Å². The Bertz CT molecular complexity index is 675. The van der Waals surface area contributed by atoms with Gasteiger partial charge in [0, 0.05) is 0 Å². The van der Waals surface area contributed by atoms with Crippen LogP contribution in [0.15, 0.2) is 36.7 Å². The predicted octanol–water partition coefficient (Wildman–Crippen LogP) is 1.41. The van der Waals surface area contributed by atoms with Gasteiger partial charge < -0.3 is 5.73 Å². The van der Waals surface area contributed by atoms with Crippen molar-refractivity contribution in [3.63, 3.8) is 0 Å². The minimum absolute atomic E-state index is 0.0468. The van der Waals surface area contributed by atoms with E-state index in [0.29, 0.717) is 17.0 Å². The van der Waals surface area contributed by atoms with E-state index >= 15 is 0 Å². The Kier molecular flexibility index (Phi) is 2.40. The Labute approximate surface area is 103 Å². The summed E-state index contributed by atoms with van der Waals surface area (Å²) in [7, 11) is 0. The smallest absolute Gasteiger partial charge is 0.184 e. The highest BCUT2D eigenvalue weighted by atomic mass is 15.5. The zero-order valence-corrected chi connectivity index (χ0v) is 9.85. The first kappa shape index (κ1) is 10.6. The van der Waals surface area contributed by atoms with Crippen molar-refractivity contribution in [2.75, 3.05) is 5.73 Å². The number of nitrogens with zero attached hydrogens (tertiary/aromatic N) is 5. The third-order valence-corrected chi connectivity index (χ3v) is 2.94. The van der Waals surface area contributed by atoms with Gasteiger partial charge in [0.2, 0.25) is 0 Å². The minimum atomic E-state index is 0.0468. The van der Waals surface area contributed by atoms with E-state index in [9.17, 15) is 0 Å². The maximum atomic E-state index is 5.74. The largest absolute Gasteiger partial charge is 0.382 e. The fourth-order valence-electron chi connectivity index (χ4n) is 1.92. The summed E-state index contributed by atoms with van der Waals surface area (Å²) in [5, 5.41) is 8.14. The van der Waals surface area contributed by atoms with Crippen molar-refractivity contribution in [1.29, 1.82) is 0 Å². The molecule has 1 unspecified atom stereocenters. The summed E-state index contributed by atoms with van der Waals surface area (Å²) in [5.41, 5.74) is 8.08. The second kappa shape index (κ2) is 4.06. The van der Waals surface area contributed by atoms with E-state index in [1.165, 1.54) is 6.33 Å². The average Bonchev–Trinajstić information content (AvgIpc) is 2.84. The summed E-state index contributed by atoms with van der Waals surface area (Å²) in [4.78, 5) is 8.10. The number of fused-ring (bicyclic) bond motifs is 1. The van der Waals surface area contributed by atoms with Gasteiger partial charge in [-0.25, -0.2) is 14.6 Å². The standard InChI is InChI=1S/C12H12N6/c1-8(9-5-3-2-4-6-9)18-12-10(16-17-18)11(13)14-7-15-12/h2-8H,1H3,(H2,13,14,15). The molecule has 0 amide bonds. The van der Waals surface area contributed by atoms with Crippen LogP contribution in [0, 0.1) is 0 Å². The van der Waals surface area contributed by atoms with Crippen LogP contribution in [-0.4, -0.2) is 25.0 Å². The van der Waals surface area contributed by atoms with Crippen LogP contribution in [-0.2, 0) is 0 Å². The molecule has 90 valence electrons. The molecule has 1 aromatic carbocycles. The Morgan fingerprint density at radius 3 is 2.72 bits per heavy atom. The zero-order valence-electron chi connectivity index (χ0n) is 9.85. The molecule has 0 bridgehead atoms. The van der Waals surface area contributed by atoms with E-state index in [2.05, 4.69) is 20.3 Å². The van der Waals surface area contributed by atoms with Gasteiger partial charge in [-0.1, -0.05) is 35.5 Å². The lowest BCUT2D eigenvalue weighted by Crippen LogP contribution is -2.09. The summed E-state index contributed by atoms with van der Waals surface area (Å²) in [6, 6.07) is 10.1. The number of benzene rings is 1. The molecule has 3 rings (SSSR count). The van der Waals surface area contributed by atoms with Crippen molar-refractivity contribution < 1.29 is 0 Å². The average molecular weight is 240 g/mol. The van der Waals surface area contributed by atoms with Gasteiger partial charge in [-0.2, -0.15) is 0 Å².